The van der Waals surface area contributed by atoms with Crippen LogP contribution in [0.1, 0.15) is 23.1 Å². The molecule has 0 aromatic heterocycles. The van der Waals surface area contributed by atoms with Crippen LogP contribution in [0.15, 0.2) is 48.5 Å². The molecule has 0 radical (unpaired) electrons. The van der Waals surface area contributed by atoms with E-state index in [1.54, 1.807) is 24.3 Å². The lowest BCUT2D eigenvalue weighted by molar-refractivity contribution is -0.121. The number of anilines is 1. The summed E-state index contributed by atoms with van der Waals surface area (Å²) in [5, 5.41) is 12.0. The number of para-hydroxylation sites is 1. The van der Waals surface area contributed by atoms with Crippen LogP contribution in [-0.4, -0.2) is 27.1 Å². The summed E-state index contributed by atoms with van der Waals surface area (Å²) in [7, 11) is -3.62. The maximum absolute atomic E-state index is 12.1. The van der Waals surface area contributed by atoms with Crippen LogP contribution in [0.4, 0.5) is 5.69 Å². The van der Waals surface area contributed by atoms with Gasteiger partial charge < -0.3 is 5.32 Å². The van der Waals surface area contributed by atoms with Gasteiger partial charge in [-0.15, -0.1) is 0 Å². The van der Waals surface area contributed by atoms with Crippen molar-refractivity contribution < 1.29 is 13.2 Å². The van der Waals surface area contributed by atoms with E-state index in [1.165, 1.54) is 0 Å². The molecular formula is C19H21N3O3S. The highest BCUT2D eigenvalue weighted by Crippen LogP contribution is 2.22. The molecule has 2 aromatic carbocycles. The molecule has 0 heterocycles. The van der Waals surface area contributed by atoms with Gasteiger partial charge in [-0.3, -0.25) is 9.10 Å². The fraction of sp³-hybridized carbons (Fsp3) is 0.263. The number of sulfonamides is 1. The molecule has 1 N–H and O–H groups in total. The van der Waals surface area contributed by atoms with Gasteiger partial charge in [0.1, 0.15) is 6.07 Å². The minimum absolute atomic E-state index is 0.00134. The molecule has 0 fully saturated rings. The van der Waals surface area contributed by atoms with Crippen molar-refractivity contribution in [2.24, 2.45) is 0 Å². The molecule has 0 aliphatic heterocycles. The monoisotopic (exact) mass is 371 g/mol. The van der Waals surface area contributed by atoms with Crippen LogP contribution >= 0.6 is 0 Å². The molecule has 0 atom stereocenters. The van der Waals surface area contributed by atoms with E-state index in [1.807, 2.05) is 37.3 Å². The molecule has 0 saturated carbocycles. The number of nitrogens with zero attached hydrogens (tertiary/aromatic N) is 2. The maximum Gasteiger partial charge on any atom is 0.232 e. The summed E-state index contributed by atoms with van der Waals surface area (Å²) in [6.45, 7) is 2.33. The normalized spacial score (nSPS) is 10.8. The lowest BCUT2D eigenvalue weighted by Gasteiger charge is -2.23. The second kappa shape index (κ2) is 8.50. The Labute approximate surface area is 154 Å². The molecule has 6 nitrogen and oxygen atoms in total. The van der Waals surface area contributed by atoms with Crippen LogP contribution in [-0.2, 0) is 21.4 Å². The van der Waals surface area contributed by atoms with Gasteiger partial charge in [-0.25, -0.2) is 8.42 Å². The summed E-state index contributed by atoms with van der Waals surface area (Å²) in [6, 6.07) is 16.2. The van der Waals surface area contributed by atoms with Crippen molar-refractivity contribution in [3.05, 3.63) is 65.2 Å². The van der Waals surface area contributed by atoms with E-state index < -0.39 is 10.0 Å². The van der Waals surface area contributed by atoms with Gasteiger partial charge in [0.25, 0.3) is 0 Å². The molecule has 1 amide bonds. The highest BCUT2D eigenvalue weighted by Gasteiger charge is 2.21. The number of aryl methyl sites for hydroxylation is 1. The van der Waals surface area contributed by atoms with Crippen molar-refractivity contribution in [3.63, 3.8) is 0 Å². The summed E-state index contributed by atoms with van der Waals surface area (Å²) in [5.41, 5.74) is 2.61. The Morgan fingerprint density at radius 3 is 2.58 bits per heavy atom. The Morgan fingerprint density at radius 1 is 1.19 bits per heavy atom. The molecule has 0 spiro atoms. The lowest BCUT2D eigenvalue weighted by Crippen LogP contribution is -2.35. The molecular weight excluding hydrogens is 350 g/mol. The van der Waals surface area contributed by atoms with Crippen molar-refractivity contribution >= 4 is 21.6 Å². The smallest absolute Gasteiger partial charge is 0.232 e. The Hall–Kier alpha value is -2.85. The highest BCUT2D eigenvalue weighted by molar-refractivity contribution is 7.92. The number of carbonyl (C=O) groups excluding carboxylic acids is 1. The predicted octanol–water partition coefficient (Wildman–Crippen LogP) is 2.34. The second-order valence-corrected chi connectivity index (χ2v) is 7.89. The van der Waals surface area contributed by atoms with Gasteiger partial charge in [-0.1, -0.05) is 42.0 Å². The van der Waals surface area contributed by atoms with Crippen LogP contribution in [0.2, 0.25) is 0 Å². The first-order chi connectivity index (χ1) is 12.3. The van der Waals surface area contributed by atoms with Gasteiger partial charge in [0.05, 0.1) is 17.5 Å². The Kier molecular flexibility index (Phi) is 6.36. The first-order valence-corrected chi connectivity index (χ1v) is 9.95. The zero-order valence-corrected chi connectivity index (χ0v) is 15.6. The summed E-state index contributed by atoms with van der Waals surface area (Å²) in [6.07, 6.45) is 1.06. The van der Waals surface area contributed by atoms with Crippen LogP contribution in [0, 0.1) is 18.3 Å². The first-order valence-electron chi connectivity index (χ1n) is 8.10. The third-order valence-electron chi connectivity index (χ3n) is 3.81. The summed E-state index contributed by atoms with van der Waals surface area (Å²) >= 11 is 0. The number of amides is 1. The first kappa shape index (κ1) is 19.5. The SMILES string of the molecule is Cc1cccc(CNC(=O)CCN(c2ccccc2C#N)S(C)(=O)=O)c1. The molecule has 0 aliphatic rings. The Morgan fingerprint density at radius 2 is 1.92 bits per heavy atom. The number of benzene rings is 2. The van der Waals surface area contributed by atoms with Crippen LogP contribution in [0.3, 0.4) is 0 Å². The summed E-state index contributed by atoms with van der Waals surface area (Å²) in [4.78, 5) is 12.1. The van der Waals surface area contributed by atoms with E-state index in [4.69, 9.17) is 0 Å². The Bertz CT molecular complexity index is 933. The fourth-order valence-corrected chi connectivity index (χ4v) is 3.50. The van der Waals surface area contributed by atoms with E-state index in [9.17, 15) is 18.5 Å². The van der Waals surface area contributed by atoms with Crippen molar-refractivity contribution in [1.29, 1.82) is 5.26 Å². The van der Waals surface area contributed by atoms with Crippen molar-refractivity contribution in [2.75, 3.05) is 17.1 Å². The van der Waals surface area contributed by atoms with Gasteiger partial charge in [0.2, 0.25) is 15.9 Å². The number of nitrogens with one attached hydrogen (secondary N) is 1. The molecule has 136 valence electrons. The van der Waals surface area contributed by atoms with Crippen LogP contribution in [0.5, 0.6) is 0 Å². The molecule has 7 heteroatoms. The molecule has 2 rings (SSSR count). The molecule has 0 unspecified atom stereocenters. The standard InChI is InChI=1S/C19H21N3O3S/c1-15-6-5-7-16(12-15)14-21-19(23)10-11-22(26(2,24)25)18-9-4-3-8-17(18)13-20/h3-9,12H,10-11,14H2,1-2H3,(H,21,23). The molecule has 26 heavy (non-hydrogen) atoms. The zero-order valence-electron chi connectivity index (χ0n) is 14.8. The van der Waals surface area contributed by atoms with E-state index in [2.05, 4.69) is 5.32 Å². The number of carbonyl (C=O) groups is 1. The van der Waals surface area contributed by atoms with E-state index >= 15 is 0 Å². The zero-order chi connectivity index (χ0) is 19.2. The minimum Gasteiger partial charge on any atom is -0.352 e. The van der Waals surface area contributed by atoms with Crippen molar-refractivity contribution in [1.82, 2.24) is 5.32 Å². The van der Waals surface area contributed by atoms with Gasteiger partial charge in [0.15, 0.2) is 0 Å². The van der Waals surface area contributed by atoms with E-state index in [-0.39, 0.29) is 30.1 Å². The average Bonchev–Trinajstić information content (AvgIpc) is 2.59. The van der Waals surface area contributed by atoms with E-state index in [0.717, 1.165) is 21.7 Å². The topological polar surface area (TPSA) is 90.3 Å². The Balaban J connectivity index is 2.04. The fourth-order valence-electron chi connectivity index (χ4n) is 2.56. The molecule has 0 aliphatic carbocycles. The molecule has 0 bridgehead atoms. The van der Waals surface area contributed by atoms with Gasteiger partial charge in [-0.05, 0) is 24.6 Å². The van der Waals surface area contributed by atoms with Gasteiger partial charge in [-0.2, -0.15) is 5.26 Å². The predicted molar refractivity (Wildman–Crippen MR) is 101 cm³/mol. The molecule has 0 saturated heterocycles. The van der Waals surface area contributed by atoms with Crippen molar-refractivity contribution in [2.45, 2.75) is 19.9 Å². The number of hydrogen-bond acceptors (Lipinski definition) is 4. The lowest BCUT2D eigenvalue weighted by atomic mass is 10.1. The number of rotatable bonds is 7. The number of nitriles is 1. The maximum atomic E-state index is 12.1. The summed E-state index contributed by atoms with van der Waals surface area (Å²) < 4.78 is 25.3. The highest BCUT2D eigenvalue weighted by atomic mass is 32.2. The van der Waals surface area contributed by atoms with Gasteiger partial charge >= 0.3 is 0 Å². The van der Waals surface area contributed by atoms with Crippen LogP contribution < -0.4 is 9.62 Å². The van der Waals surface area contributed by atoms with E-state index in [0.29, 0.717) is 6.54 Å². The van der Waals surface area contributed by atoms with Crippen molar-refractivity contribution in [3.8, 4) is 6.07 Å². The quantitative estimate of drug-likeness (QED) is 0.809. The number of hydrogen-bond donors (Lipinski definition) is 1. The van der Waals surface area contributed by atoms with Gasteiger partial charge in [0, 0.05) is 19.5 Å². The minimum atomic E-state index is -3.62. The van der Waals surface area contributed by atoms with Crippen LogP contribution in [0.25, 0.3) is 0 Å². The second-order valence-electron chi connectivity index (χ2n) is 5.98. The third-order valence-corrected chi connectivity index (χ3v) is 4.99. The summed E-state index contributed by atoms with van der Waals surface area (Å²) in [5.74, 6) is -0.255. The molecule has 2 aromatic rings. The third kappa shape index (κ3) is 5.33. The largest absolute Gasteiger partial charge is 0.352 e. The average molecular weight is 371 g/mol.